The summed E-state index contributed by atoms with van der Waals surface area (Å²) in [5.74, 6) is -0.260. The summed E-state index contributed by atoms with van der Waals surface area (Å²) in [5, 5.41) is 17.5. The van der Waals surface area contributed by atoms with Gasteiger partial charge in [-0.05, 0) is 44.6 Å². The van der Waals surface area contributed by atoms with E-state index in [4.69, 9.17) is 16.6 Å². The van der Waals surface area contributed by atoms with Crippen molar-refractivity contribution in [2.45, 2.75) is 51.5 Å². The van der Waals surface area contributed by atoms with Gasteiger partial charge in [0.15, 0.2) is 0 Å². The quantitative estimate of drug-likeness (QED) is 0.463. The van der Waals surface area contributed by atoms with Crippen molar-refractivity contribution in [3.05, 3.63) is 0 Å². The van der Waals surface area contributed by atoms with E-state index in [1.807, 2.05) is 4.90 Å². The number of carbonyl (C=O) groups excluding carboxylic acids is 1. The Morgan fingerprint density at radius 1 is 1.19 bits per heavy atom. The lowest BCUT2D eigenvalue weighted by Gasteiger charge is -2.33. The van der Waals surface area contributed by atoms with Crippen LogP contribution in [0.4, 0.5) is 0 Å². The van der Waals surface area contributed by atoms with Crippen molar-refractivity contribution >= 4 is 29.6 Å². The molecule has 1 heterocycles. The first-order valence-corrected chi connectivity index (χ1v) is 10.7. The number of unbranched alkanes of at least 4 members (excludes halogenated alkanes) is 1. The van der Waals surface area contributed by atoms with Crippen molar-refractivity contribution < 1.29 is 24.6 Å². The molecule has 156 valence electrons. The summed E-state index contributed by atoms with van der Waals surface area (Å²) >= 11 is 1.74. The maximum absolute atomic E-state index is 12.3. The molecular formula is C18H33N3O5S. The zero-order chi connectivity index (χ0) is 20.4. The number of hydrogen-bond acceptors (Lipinski definition) is 6. The van der Waals surface area contributed by atoms with E-state index in [1.54, 1.807) is 11.8 Å². The molecule has 1 saturated heterocycles. The van der Waals surface area contributed by atoms with Crippen LogP contribution in [0.15, 0.2) is 0 Å². The molecule has 0 spiro atoms. The van der Waals surface area contributed by atoms with E-state index < -0.39 is 23.9 Å². The summed E-state index contributed by atoms with van der Waals surface area (Å²) in [5.41, 5.74) is 10.4. The highest BCUT2D eigenvalue weighted by Crippen LogP contribution is 2.36. The minimum absolute atomic E-state index is 0.0638. The molecule has 0 aromatic rings. The Bertz CT molecular complexity index is 499. The SMILES string of the molecule is CC1CCC(C(=O)O)C(C(=O)N2CCSC2)C1.NCCCC[C@H](N)C(=O)O. The van der Waals surface area contributed by atoms with E-state index in [0.717, 1.165) is 43.9 Å². The van der Waals surface area contributed by atoms with Gasteiger partial charge < -0.3 is 26.6 Å². The Morgan fingerprint density at radius 2 is 1.89 bits per heavy atom. The van der Waals surface area contributed by atoms with Crippen LogP contribution in [0.1, 0.15) is 45.4 Å². The monoisotopic (exact) mass is 403 g/mol. The molecule has 9 heteroatoms. The van der Waals surface area contributed by atoms with Gasteiger partial charge in [-0.25, -0.2) is 0 Å². The number of nitrogens with two attached hydrogens (primary N) is 2. The van der Waals surface area contributed by atoms with Crippen molar-refractivity contribution in [1.29, 1.82) is 0 Å². The van der Waals surface area contributed by atoms with E-state index in [0.29, 0.717) is 25.3 Å². The zero-order valence-corrected chi connectivity index (χ0v) is 16.8. The summed E-state index contributed by atoms with van der Waals surface area (Å²) in [6.45, 7) is 3.49. The third-order valence-electron chi connectivity index (χ3n) is 5.10. The van der Waals surface area contributed by atoms with Crippen molar-refractivity contribution in [3.63, 3.8) is 0 Å². The number of carboxylic acid groups (broad SMARTS) is 2. The fourth-order valence-electron chi connectivity index (χ4n) is 3.40. The first kappa shape index (κ1) is 23.7. The van der Waals surface area contributed by atoms with E-state index in [2.05, 4.69) is 6.92 Å². The van der Waals surface area contributed by atoms with Gasteiger partial charge in [0.05, 0.1) is 17.7 Å². The Balaban J connectivity index is 0.000000314. The topological polar surface area (TPSA) is 147 Å². The van der Waals surface area contributed by atoms with Gasteiger partial charge in [0.1, 0.15) is 6.04 Å². The van der Waals surface area contributed by atoms with E-state index >= 15 is 0 Å². The highest BCUT2D eigenvalue weighted by molar-refractivity contribution is 7.99. The first-order valence-electron chi connectivity index (χ1n) is 9.55. The lowest BCUT2D eigenvalue weighted by Crippen LogP contribution is -2.42. The maximum Gasteiger partial charge on any atom is 0.320 e. The fraction of sp³-hybridized carbons (Fsp3) is 0.833. The van der Waals surface area contributed by atoms with Gasteiger partial charge in [0, 0.05) is 12.3 Å². The van der Waals surface area contributed by atoms with Crippen LogP contribution < -0.4 is 11.5 Å². The molecule has 1 aliphatic carbocycles. The molecule has 1 saturated carbocycles. The highest BCUT2D eigenvalue weighted by Gasteiger charge is 2.40. The maximum atomic E-state index is 12.3. The van der Waals surface area contributed by atoms with E-state index in [-0.39, 0.29) is 11.8 Å². The second kappa shape index (κ2) is 12.2. The van der Waals surface area contributed by atoms with Crippen LogP contribution in [-0.4, -0.2) is 63.7 Å². The third-order valence-corrected chi connectivity index (χ3v) is 6.06. The average Bonchev–Trinajstić information content (AvgIpc) is 3.16. The molecule has 2 fully saturated rings. The van der Waals surface area contributed by atoms with Crippen LogP contribution in [-0.2, 0) is 14.4 Å². The number of carbonyl (C=O) groups is 3. The van der Waals surface area contributed by atoms with E-state index in [1.165, 1.54) is 0 Å². The molecule has 1 aliphatic heterocycles. The molecule has 1 amide bonds. The number of rotatable bonds is 7. The van der Waals surface area contributed by atoms with Crippen LogP contribution in [0.3, 0.4) is 0 Å². The van der Waals surface area contributed by atoms with Crippen molar-refractivity contribution in [2.24, 2.45) is 29.2 Å². The third kappa shape index (κ3) is 8.06. The predicted molar refractivity (Wildman–Crippen MR) is 105 cm³/mol. The molecule has 0 radical (unpaired) electrons. The average molecular weight is 404 g/mol. The van der Waals surface area contributed by atoms with Crippen LogP contribution in [0.5, 0.6) is 0 Å². The summed E-state index contributed by atoms with van der Waals surface area (Å²) in [7, 11) is 0. The number of thioether (sulfide) groups is 1. The Hall–Kier alpha value is -1.32. The second-order valence-corrected chi connectivity index (χ2v) is 8.41. The number of nitrogens with zero attached hydrogens (tertiary/aromatic N) is 1. The smallest absolute Gasteiger partial charge is 0.320 e. The van der Waals surface area contributed by atoms with Crippen molar-refractivity contribution in [3.8, 4) is 0 Å². The van der Waals surface area contributed by atoms with Gasteiger partial charge >= 0.3 is 11.9 Å². The normalized spacial score (nSPS) is 26.0. The first-order chi connectivity index (χ1) is 12.8. The van der Waals surface area contributed by atoms with Gasteiger partial charge in [-0.3, -0.25) is 14.4 Å². The molecule has 2 rings (SSSR count). The molecule has 27 heavy (non-hydrogen) atoms. The lowest BCUT2D eigenvalue weighted by atomic mass is 9.74. The van der Waals surface area contributed by atoms with Crippen LogP contribution in [0.2, 0.25) is 0 Å². The van der Waals surface area contributed by atoms with Crippen LogP contribution >= 0.6 is 11.8 Å². The molecule has 2 aliphatic rings. The number of amides is 1. The standard InChI is InChI=1S/C12H19NO3S.C6H14N2O2/c1-8-2-3-9(12(15)16)10(6-8)11(14)13-4-5-17-7-13;7-4-2-1-3-5(8)6(9)10/h8-10H,2-7H2,1H3,(H,15,16);5H,1-4,7-8H2,(H,9,10)/t;5-/m.0/s1. The highest BCUT2D eigenvalue weighted by atomic mass is 32.2. The minimum Gasteiger partial charge on any atom is -0.481 e. The molecule has 4 atom stereocenters. The predicted octanol–water partition coefficient (Wildman–Crippen LogP) is 1.18. The fourth-order valence-corrected chi connectivity index (χ4v) is 4.36. The van der Waals surface area contributed by atoms with Gasteiger partial charge in [-0.1, -0.05) is 13.3 Å². The second-order valence-electron chi connectivity index (χ2n) is 7.34. The number of carboxylic acids is 2. The van der Waals surface area contributed by atoms with Crippen LogP contribution in [0.25, 0.3) is 0 Å². The van der Waals surface area contributed by atoms with Crippen molar-refractivity contribution in [1.82, 2.24) is 4.90 Å². The molecule has 0 aromatic heterocycles. The molecule has 0 bridgehead atoms. The largest absolute Gasteiger partial charge is 0.481 e. The molecular weight excluding hydrogens is 370 g/mol. The Morgan fingerprint density at radius 3 is 2.41 bits per heavy atom. The summed E-state index contributed by atoms with van der Waals surface area (Å²) in [6.07, 6.45) is 4.47. The summed E-state index contributed by atoms with van der Waals surface area (Å²) in [4.78, 5) is 35.5. The van der Waals surface area contributed by atoms with E-state index in [9.17, 15) is 19.5 Å². The molecule has 3 unspecified atom stereocenters. The zero-order valence-electron chi connectivity index (χ0n) is 16.0. The van der Waals surface area contributed by atoms with Crippen LogP contribution in [0, 0.1) is 17.8 Å². The van der Waals surface area contributed by atoms with Crippen molar-refractivity contribution in [2.75, 3.05) is 24.7 Å². The Kier molecular flexibility index (Phi) is 10.7. The minimum atomic E-state index is -0.933. The van der Waals surface area contributed by atoms with Gasteiger partial charge in [0.25, 0.3) is 0 Å². The van der Waals surface area contributed by atoms with Gasteiger partial charge in [-0.2, -0.15) is 0 Å². The molecule has 0 aromatic carbocycles. The van der Waals surface area contributed by atoms with Gasteiger partial charge in [0.2, 0.25) is 5.91 Å². The molecule has 6 N–H and O–H groups in total. The molecule has 8 nitrogen and oxygen atoms in total. The van der Waals surface area contributed by atoms with Gasteiger partial charge in [-0.15, -0.1) is 11.8 Å². The number of aliphatic carboxylic acids is 2. The Labute approximate surface area is 165 Å². The summed E-state index contributed by atoms with van der Waals surface area (Å²) < 4.78 is 0. The lowest BCUT2D eigenvalue weighted by molar-refractivity contribution is -0.152. The summed E-state index contributed by atoms with van der Waals surface area (Å²) in [6, 6.07) is -0.716. The number of hydrogen-bond donors (Lipinski definition) is 4.